The van der Waals surface area contributed by atoms with Gasteiger partial charge in [-0.05, 0) is 66.3 Å². The predicted molar refractivity (Wildman–Crippen MR) is 85.3 cm³/mol. The van der Waals surface area contributed by atoms with Crippen LogP contribution in [-0.2, 0) is 6.54 Å². The van der Waals surface area contributed by atoms with Gasteiger partial charge in [0.25, 0.3) is 0 Å². The van der Waals surface area contributed by atoms with Crippen molar-refractivity contribution in [3.05, 3.63) is 20.8 Å². The Kier molecular flexibility index (Phi) is 7.46. The Morgan fingerprint density at radius 3 is 2.67 bits per heavy atom. The van der Waals surface area contributed by atoms with Gasteiger partial charge in [-0.3, -0.25) is 4.90 Å². The van der Waals surface area contributed by atoms with Crippen molar-refractivity contribution >= 4 is 27.3 Å². The van der Waals surface area contributed by atoms with E-state index in [1.54, 1.807) is 11.3 Å². The normalized spacial score (nSPS) is 13.5. The summed E-state index contributed by atoms with van der Waals surface area (Å²) in [6.45, 7) is 8.88. The minimum atomic E-state index is 0.598. The van der Waals surface area contributed by atoms with E-state index in [9.17, 15) is 0 Å². The van der Waals surface area contributed by atoms with E-state index in [2.05, 4.69) is 65.4 Å². The predicted octanol–water partition coefficient (Wildman–Crippen LogP) is 4.11. The van der Waals surface area contributed by atoms with Crippen LogP contribution >= 0.6 is 27.3 Å². The Hall–Kier alpha value is 0.100. The molecule has 0 amide bonds. The average molecular weight is 333 g/mol. The Bertz CT molecular complexity index is 338. The molecule has 4 heteroatoms. The van der Waals surface area contributed by atoms with Gasteiger partial charge in [0, 0.05) is 18.6 Å². The number of hydrogen-bond donors (Lipinski definition) is 1. The van der Waals surface area contributed by atoms with Crippen LogP contribution in [0.1, 0.15) is 39.2 Å². The van der Waals surface area contributed by atoms with Gasteiger partial charge < -0.3 is 5.32 Å². The molecule has 1 unspecified atom stereocenters. The van der Waals surface area contributed by atoms with Crippen molar-refractivity contribution in [1.82, 2.24) is 10.2 Å². The van der Waals surface area contributed by atoms with Crippen molar-refractivity contribution in [2.75, 3.05) is 13.6 Å². The van der Waals surface area contributed by atoms with Gasteiger partial charge in [-0.25, -0.2) is 0 Å². The monoisotopic (exact) mass is 332 g/mol. The van der Waals surface area contributed by atoms with Crippen LogP contribution in [0.2, 0.25) is 0 Å². The van der Waals surface area contributed by atoms with E-state index in [1.165, 1.54) is 22.2 Å². The van der Waals surface area contributed by atoms with Gasteiger partial charge >= 0.3 is 0 Å². The molecule has 1 rings (SSSR count). The van der Waals surface area contributed by atoms with E-state index in [-0.39, 0.29) is 0 Å². The molecule has 0 aliphatic rings. The molecule has 0 fully saturated rings. The Labute approximate surface area is 124 Å². The molecule has 0 aromatic carbocycles. The van der Waals surface area contributed by atoms with Gasteiger partial charge in [0.15, 0.2) is 0 Å². The fourth-order valence-electron chi connectivity index (χ4n) is 1.88. The van der Waals surface area contributed by atoms with Gasteiger partial charge in [0.2, 0.25) is 0 Å². The summed E-state index contributed by atoms with van der Waals surface area (Å²) in [5.74, 6) is 0. The van der Waals surface area contributed by atoms with E-state index in [4.69, 9.17) is 0 Å². The molecule has 104 valence electrons. The van der Waals surface area contributed by atoms with Gasteiger partial charge in [0.1, 0.15) is 0 Å². The maximum atomic E-state index is 3.52. The van der Waals surface area contributed by atoms with Crippen LogP contribution in [0, 0.1) is 0 Å². The Morgan fingerprint density at radius 2 is 2.11 bits per heavy atom. The highest BCUT2D eigenvalue weighted by molar-refractivity contribution is 9.11. The number of halogens is 1. The third-order valence-corrected chi connectivity index (χ3v) is 4.71. The molecule has 0 saturated heterocycles. The molecule has 1 atom stereocenters. The molecule has 0 aliphatic heterocycles. The smallest absolute Gasteiger partial charge is 0.0701 e. The fraction of sp³-hybridized carbons (Fsp3) is 0.714. The lowest BCUT2D eigenvalue weighted by molar-refractivity contribution is 0.234. The summed E-state index contributed by atoms with van der Waals surface area (Å²) in [5.41, 5.74) is 1.40. The molecule has 0 radical (unpaired) electrons. The lowest BCUT2D eigenvalue weighted by Crippen LogP contribution is -2.30. The average Bonchev–Trinajstić information content (AvgIpc) is 2.69. The Balaban J connectivity index is 2.22. The zero-order valence-corrected chi connectivity index (χ0v) is 14.3. The number of nitrogens with one attached hydrogen (secondary N) is 1. The van der Waals surface area contributed by atoms with Crippen molar-refractivity contribution in [1.29, 1.82) is 0 Å². The van der Waals surface area contributed by atoms with Crippen LogP contribution in [0.25, 0.3) is 0 Å². The van der Waals surface area contributed by atoms with Crippen molar-refractivity contribution in [3.8, 4) is 0 Å². The first-order valence-electron chi connectivity index (χ1n) is 6.65. The summed E-state index contributed by atoms with van der Waals surface area (Å²) < 4.78 is 1.22. The third kappa shape index (κ3) is 6.32. The SMILES string of the molecule is CC(C)NCCCC(C)N(C)Cc1csc(Br)c1. The second-order valence-corrected chi connectivity index (χ2v) is 7.56. The standard InChI is InChI=1S/C14H25BrN2S/c1-11(2)16-7-5-6-12(3)17(4)9-13-8-14(15)18-10-13/h8,10-12,16H,5-7,9H2,1-4H3. The van der Waals surface area contributed by atoms with Gasteiger partial charge in [-0.1, -0.05) is 13.8 Å². The molecule has 1 N–H and O–H groups in total. The summed E-state index contributed by atoms with van der Waals surface area (Å²) in [4.78, 5) is 2.43. The minimum Gasteiger partial charge on any atom is -0.315 e. The summed E-state index contributed by atoms with van der Waals surface area (Å²) in [5, 5.41) is 5.70. The number of rotatable bonds is 8. The first-order valence-corrected chi connectivity index (χ1v) is 8.33. The van der Waals surface area contributed by atoms with Crippen LogP contribution in [0.4, 0.5) is 0 Å². The fourth-order valence-corrected chi connectivity index (χ4v) is 3.08. The van der Waals surface area contributed by atoms with Crippen molar-refractivity contribution < 1.29 is 0 Å². The zero-order valence-electron chi connectivity index (χ0n) is 11.9. The maximum Gasteiger partial charge on any atom is 0.0701 e. The van der Waals surface area contributed by atoms with E-state index >= 15 is 0 Å². The lowest BCUT2D eigenvalue weighted by Gasteiger charge is -2.24. The second kappa shape index (κ2) is 8.31. The summed E-state index contributed by atoms with van der Waals surface area (Å²) >= 11 is 5.28. The highest BCUT2D eigenvalue weighted by Gasteiger charge is 2.10. The first-order chi connectivity index (χ1) is 8.49. The lowest BCUT2D eigenvalue weighted by atomic mass is 10.1. The molecule has 2 nitrogen and oxygen atoms in total. The molecular weight excluding hydrogens is 308 g/mol. The maximum absolute atomic E-state index is 3.52. The van der Waals surface area contributed by atoms with E-state index in [1.807, 2.05) is 0 Å². The molecule has 18 heavy (non-hydrogen) atoms. The molecule has 1 aromatic rings. The molecule has 0 bridgehead atoms. The van der Waals surface area contributed by atoms with Crippen molar-refractivity contribution in [3.63, 3.8) is 0 Å². The molecule has 0 saturated carbocycles. The summed E-state index contributed by atoms with van der Waals surface area (Å²) in [6, 6.07) is 3.45. The van der Waals surface area contributed by atoms with Gasteiger partial charge in [-0.15, -0.1) is 11.3 Å². The molecule has 0 aliphatic carbocycles. The molecular formula is C14H25BrN2S. The van der Waals surface area contributed by atoms with E-state index in [0.29, 0.717) is 12.1 Å². The zero-order chi connectivity index (χ0) is 13.5. The van der Waals surface area contributed by atoms with E-state index < -0.39 is 0 Å². The third-order valence-electron chi connectivity index (χ3n) is 3.16. The Morgan fingerprint density at radius 1 is 1.39 bits per heavy atom. The van der Waals surface area contributed by atoms with E-state index in [0.717, 1.165) is 13.1 Å². The van der Waals surface area contributed by atoms with Crippen LogP contribution < -0.4 is 5.32 Å². The van der Waals surface area contributed by atoms with Crippen molar-refractivity contribution in [2.24, 2.45) is 0 Å². The quantitative estimate of drug-likeness (QED) is 0.720. The number of nitrogens with zero attached hydrogens (tertiary/aromatic N) is 1. The first kappa shape index (κ1) is 16.2. The van der Waals surface area contributed by atoms with Gasteiger partial charge in [-0.2, -0.15) is 0 Å². The number of thiophene rings is 1. The van der Waals surface area contributed by atoms with Crippen LogP contribution in [-0.4, -0.2) is 30.6 Å². The molecule has 1 heterocycles. The largest absolute Gasteiger partial charge is 0.315 e. The molecule has 0 spiro atoms. The summed E-state index contributed by atoms with van der Waals surface area (Å²) in [6.07, 6.45) is 2.50. The molecule has 1 aromatic heterocycles. The van der Waals surface area contributed by atoms with Crippen LogP contribution in [0.3, 0.4) is 0 Å². The minimum absolute atomic E-state index is 0.598. The topological polar surface area (TPSA) is 15.3 Å². The number of hydrogen-bond acceptors (Lipinski definition) is 3. The van der Waals surface area contributed by atoms with Crippen LogP contribution in [0.15, 0.2) is 15.2 Å². The highest BCUT2D eigenvalue weighted by Crippen LogP contribution is 2.22. The second-order valence-electron chi connectivity index (χ2n) is 5.27. The van der Waals surface area contributed by atoms with Crippen molar-refractivity contribution in [2.45, 2.75) is 52.2 Å². The highest BCUT2D eigenvalue weighted by atomic mass is 79.9. The van der Waals surface area contributed by atoms with Crippen LogP contribution in [0.5, 0.6) is 0 Å². The van der Waals surface area contributed by atoms with Gasteiger partial charge in [0.05, 0.1) is 3.79 Å². The summed E-state index contributed by atoms with van der Waals surface area (Å²) in [7, 11) is 2.21.